The van der Waals surface area contributed by atoms with Crippen LogP contribution in [-0.4, -0.2) is 15.0 Å². The van der Waals surface area contributed by atoms with E-state index in [0.717, 1.165) is 93.4 Å². The number of furan rings is 1. The molecule has 0 atom stereocenters. The van der Waals surface area contributed by atoms with Crippen LogP contribution in [0.25, 0.3) is 131 Å². The van der Waals surface area contributed by atoms with E-state index in [1.54, 1.807) is 0 Å². The molecule has 0 spiro atoms. The van der Waals surface area contributed by atoms with Gasteiger partial charge in [0.2, 0.25) is 0 Å². The lowest BCUT2D eigenvalue weighted by molar-refractivity contribution is 0.673. The number of nitrogens with zero attached hydrogens (tertiary/aromatic N) is 3. The molecule has 0 aliphatic heterocycles. The Kier molecular flexibility index (Phi) is 6.69. The molecule has 0 saturated heterocycles. The molecule has 0 amide bonds. The molecule has 9 aromatic carbocycles. The monoisotopic (exact) mass is 749 g/mol. The van der Waals surface area contributed by atoms with Crippen molar-refractivity contribution in [3.8, 4) is 33.5 Å². The van der Waals surface area contributed by atoms with E-state index in [0.29, 0.717) is 0 Å². The number of rotatable bonds is 3. The van der Waals surface area contributed by atoms with Crippen molar-refractivity contribution in [2.45, 2.75) is 0 Å². The summed E-state index contributed by atoms with van der Waals surface area (Å²) in [6.45, 7) is 0. The Hall–Kier alpha value is -7.95. The summed E-state index contributed by atoms with van der Waals surface area (Å²) >= 11 is 0. The van der Waals surface area contributed by atoms with Gasteiger partial charge in [-0.15, -0.1) is 0 Å². The topological polar surface area (TPSA) is 51.8 Å². The lowest BCUT2D eigenvalue weighted by Gasteiger charge is -2.15. The van der Waals surface area contributed by atoms with Crippen molar-refractivity contribution in [1.82, 2.24) is 15.0 Å². The molecule has 0 unspecified atom stereocenters. The van der Waals surface area contributed by atoms with Crippen molar-refractivity contribution in [3.05, 3.63) is 188 Å². The molecule has 0 bridgehead atoms. The largest absolute Gasteiger partial charge is 0.455 e. The maximum atomic E-state index is 6.56. The van der Waals surface area contributed by atoms with Crippen molar-refractivity contribution in [1.29, 1.82) is 0 Å². The molecule has 59 heavy (non-hydrogen) atoms. The summed E-state index contributed by atoms with van der Waals surface area (Å²) in [7, 11) is 0. The summed E-state index contributed by atoms with van der Waals surface area (Å²) < 4.78 is 6.56. The van der Waals surface area contributed by atoms with Crippen molar-refractivity contribution in [2.24, 2.45) is 0 Å². The third kappa shape index (κ3) is 4.75. The first kappa shape index (κ1) is 32.2. The van der Waals surface area contributed by atoms with Crippen LogP contribution in [-0.2, 0) is 0 Å². The Morgan fingerprint density at radius 2 is 0.932 bits per heavy atom. The number of benzene rings is 9. The van der Waals surface area contributed by atoms with Crippen LogP contribution in [0, 0.1) is 0 Å². The molecule has 0 aliphatic carbocycles. The zero-order valence-corrected chi connectivity index (χ0v) is 31.6. The molecule has 0 saturated carbocycles. The van der Waals surface area contributed by atoms with E-state index in [1.165, 1.54) is 37.9 Å². The van der Waals surface area contributed by atoms with Gasteiger partial charge in [-0.1, -0.05) is 127 Å². The van der Waals surface area contributed by atoms with Gasteiger partial charge < -0.3 is 4.42 Å². The highest BCUT2D eigenvalue weighted by Crippen LogP contribution is 2.43. The standard InChI is InChI=1S/C55H31N3O/c1-2-11-38-37(10-1)47-29-34(21-23-39(47)40-24-22-35(30-48(38)40)46-31-36-9-7-27-56-53(36)54-42(46)14-8-28-57-54)32-17-19-33(20-18-32)52-45-26-25-43-41-12-4-6-16-50(41)59-55(43)51(45)44-13-3-5-15-49(44)58-52/h1-31H. The highest BCUT2D eigenvalue weighted by atomic mass is 16.3. The minimum absolute atomic E-state index is 0.896. The van der Waals surface area contributed by atoms with Crippen molar-refractivity contribution < 1.29 is 4.42 Å². The van der Waals surface area contributed by atoms with E-state index in [9.17, 15) is 0 Å². The lowest BCUT2D eigenvalue weighted by Crippen LogP contribution is -1.91. The number of hydrogen-bond acceptors (Lipinski definition) is 4. The Morgan fingerprint density at radius 1 is 0.356 bits per heavy atom. The summed E-state index contributed by atoms with van der Waals surface area (Å²) in [4.78, 5) is 14.7. The Morgan fingerprint density at radius 3 is 1.75 bits per heavy atom. The second-order valence-corrected chi connectivity index (χ2v) is 15.5. The van der Waals surface area contributed by atoms with E-state index in [4.69, 9.17) is 14.4 Å². The van der Waals surface area contributed by atoms with Gasteiger partial charge in [-0.05, 0) is 103 Å². The summed E-state index contributed by atoms with van der Waals surface area (Å²) in [5.41, 5.74) is 11.3. The number of pyridine rings is 3. The highest BCUT2D eigenvalue weighted by molar-refractivity contribution is 6.27. The predicted octanol–water partition coefficient (Wildman–Crippen LogP) is 14.8. The molecule has 13 aromatic rings. The summed E-state index contributed by atoms with van der Waals surface area (Å²) in [5, 5.41) is 15.1. The zero-order valence-electron chi connectivity index (χ0n) is 31.6. The van der Waals surface area contributed by atoms with E-state index in [2.05, 4.69) is 157 Å². The fraction of sp³-hybridized carbons (Fsp3) is 0. The van der Waals surface area contributed by atoms with E-state index in [1.807, 2.05) is 36.7 Å². The molecular formula is C55H31N3O. The predicted molar refractivity (Wildman–Crippen MR) is 246 cm³/mol. The van der Waals surface area contributed by atoms with Gasteiger partial charge in [-0.2, -0.15) is 0 Å². The van der Waals surface area contributed by atoms with Gasteiger partial charge in [0.25, 0.3) is 0 Å². The number of hydrogen-bond donors (Lipinski definition) is 0. The second-order valence-electron chi connectivity index (χ2n) is 15.5. The molecule has 272 valence electrons. The maximum absolute atomic E-state index is 6.56. The molecule has 0 aliphatic rings. The zero-order chi connectivity index (χ0) is 38.6. The Labute approximate surface area is 337 Å². The van der Waals surface area contributed by atoms with Crippen LogP contribution in [0.2, 0.25) is 0 Å². The quantitative estimate of drug-likeness (QED) is 0.169. The molecular weight excluding hydrogens is 719 g/mol. The summed E-state index contributed by atoms with van der Waals surface area (Å²) in [5.74, 6) is 0. The fourth-order valence-electron chi connectivity index (χ4n) is 9.58. The fourth-order valence-corrected chi connectivity index (χ4v) is 9.58. The third-order valence-electron chi connectivity index (χ3n) is 12.3. The van der Waals surface area contributed by atoms with Gasteiger partial charge in [0, 0.05) is 55.7 Å². The number of para-hydroxylation sites is 2. The first-order valence-electron chi connectivity index (χ1n) is 20.0. The van der Waals surface area contributed by atoms with Gasteiger partial charge in [0.1, 0.15) is 11.2 Å². The van der Waals surface area contributed by atoms with E-state index in [-0.39, 0.29) is 0 Å². The van der Waals surface area contributed by atoms with Crippen molar-refractivity contribution >= 4 is 97.7 Å². The molecule has 4 heteroatoms. The average Bonchev–Trinajstić information content (AvgIpc) is 3.70. The van der Waals surface area contributed by atoms with Gasteiger partial charge in [-0.25, -0.2) is 4.98 Å². The molecule has 4 heterocycles. The number of aromatic nitrogens is 3. The van der Waals surface area contributed by atoms with E-state index >= 15 is 0 Å². The third-order valence-corrected chi connectivity index (χ3v) is 12.3. The average molecular weight is 750 g/mol. The van der Waals surface area contributed by atoms with Gasteiger partial charge in [0.05, 0.1) is 22.2 Å². The minimum Gasteiger partial charge on any atom is -0.455 e. The highest BCUT2D eigenvalue weighted by Gasteiger charge is 2.18. The molecule has 13 rings (SSSR count). The molecule has 0 fully saturated rings. The molecule has 0 N–H and O–H groups in total. The normalized spacial score (nSPS) is 12.1. The first-order valence-corrected chi connectivity index (χ1v) is 20.0. The van der Waals surface area contributed by atoms with Gasteiger partial charge in [0.15, 0.2) is 0 Å². The molecule has 0 radical (unpaired) electrons. The van der Waals surface area contributed by atoms with Crippen LogP contribution in [0.4, 0.5) is 0 Å². The van der Waals surface area contributed by atoms with Gasteiger partial charge >= 0.3 is 0 Å². The summed E-state index contributed by atoms with van der Waals surface area (Å²) in [6.07, 6.45) is 3.70. The maximum Gasteiger partial charge on any atom is 0.144 e. The van der Waals surface area contributed by atoms with Crippen LogP contribution in [0.3, 0.4) is 0 Å². The lowest BCUT2D eigenvalue weighted by atomic mass is 9.89. The van der Waals surface area contributed by atoms with Gasteiger partial charge in [-0.3, -0.25) is 9.97 Å². The first-order chi connectivity index (χ1) is 29.2. The summed E-state index contributed by atoms with van der Waals surface area (Å²) in [6, 6.07) is 63.1. The molecule has 4 nitrogen and oxygen atoms in total. The van der Waals surface area contributed by atoms with Crippen LogP contribution in [0.1, 0.15) is 0 Å². The van der Waals surface area contributed by atoms with Crippen LogP contribution in [0.5, 0.6) is 0 Å². The SMILES string of the molecule is c1cnc2c(c1)cc(-c1ccc3c4ccc(-c5ccc(-c6nc7ccccc7c7c6ccc6c8ccccc8oc67)cc5)cc4c4ccccc4c3c1)c1cccnc12. The Balaban J connectivity index is 0.945. The molecule has 4 aromatic heterocycles. The van der Waals surface area contributed by atoms with E-state index < -0.39 is 0 Å². The minimum atomic E-state index is 0.896. The van der Waals surface area contributed by atoms with Crippen LogP contribution in [0.15, 0.2) is 193 Å². The Bertz CT molecular complexity index is 3880. The van der Waals surface area contributed by atoms with Crippen LogP contribution >= 0.6 is 0 Å². The number of fused-ring (bicyclic) bond motifs is 16. The van der Waals surface area contributed by atoms with Crippen molar-refractivity contribution in [3.63, 3.8) is 0 Å². The van der Waals surface area contributed by atoms with Crippen LogP contribution < -0.4 is 0 Å². The van der Waals surface area contributed by atoms with Crippen molar-refractivity contribution in [2.75, 3.05) is 0 Å². The second kappa shape index (κ2) is 12.3. The smallest absolute Gasteiger partial charge is 0.144 e.